The topological polar surface area (TPSA) is 43.4 Å². The predicted molar refractivity (Wildman–Crippen MR) is 96.9 cm³/mol. The van der Waals surface area contributed by atoms with E-state index in [2.05, 4.69) is 0 Å². The molecule has 3 rings (SSSR count). The van der Waals surface area contributed by atoms with E-state index in [4.69, 9.17) is 4.74 Å². The summed E-state index contributed by atoms with van der Waals surface area (Å²) in [4.78, 5) is 25.1. The molecule has 0 saturated heterocycles. The van der Waals surface area contributed by atoms with Crippen LogP contribution >= 0.6 is 0 Å². The third-order valence-electron chi connectivity index (χ3n) is 4.05. The van der Waals surface area contributed by atoms with Crippen molar-refractivity contribution in [1.29, 1.82) is 0 Å². The number of carbonyl (C=O) groups excluding carboxylic acids is 2. The number of alkyl halides is 3. The molecule has 3 nitrogen and oxygen atoms in total. The van der Waals surface area contributed by atoms with Gasteiger partial charge in [-0.3, -0.25) is 4.79 Å². The normalized spacial score (nSPS) is 11.1. The van der Waals surface area contributed by atoms with E-state index in [0.29, 0.717) is 5.56 Å². The molecule has 0 aliphatic carbocycles. The van der Waals surface area contributed by atoms with Crippen LogP contribution in [-0.2, 0) is 17.5 Å². The minimum Gasteiger partial charge on any atom is -0.457 e. The summed E-state index contributed by atoms with van der Waals surface area (Å²) in [6, 6.07) is 19.2. The van der Waals surface area contributed by atoms with Crippen molar-refractivity contribution in [2.75, 3.05) is 0 Å². The highest BCUT2D eigenvalue weighted by atomic mass is 19.4. The molecular weight excluding hydrogens is 369 g/mol. The smallest absolute Gasteiger partial charge is 0.416 e. The zero-order valence-corrected chi connectivity index (χ0v) is 14.6. The number of benzene rings is 3. The third kappa shape index (κ3) is 4.46. The van der Waals surface area contributed by atoms with E-state index in [1.165, 1.54) is 24.3 Å². The molecule has 0 saturated carbocycles. The molecule has 3 aromatic carbocycles. The predicted octanol–water partition coefficient (Wildman–Crippen LogP) is 5.29. The monoisotopic (exact) mass is 384 g/mol. The second-order valence-electron chi connectivity index (χ2n) is 6.02. The van der Waals surface area contributed by atoms with Gasteiger partial charge in [-0.1, -0.05) is 60.7 Å². The summed E-state index contributed by atoms with van der Waals surface area (Å²) in [5.74, 6) is -1.12. The van der Waals surface area contributed by atoms with Crippen LogP contribution in [0.15, 0.2) is 78.9 Å². The first-order valence-corrected chi connectivity index (χ1v) is 8.38. The van der Waals surface area contributed by atoms with Crippen molar-refractivity contribution in [2.24, 2.45) is 0 Å². The van der Waals surface area contributed by atoms with E-state index >= 15 is 0 Å². The summed E-state index contributed by atoms with van der Waals surface area (Å²) in [6.45, 7) is -0.337. The minimum absolute atomic E-state index is 0.0586. The Morgan fingerprint density at radius 1 is 0.786 bits per heavy atom. The van der Waals surface area contributed by atoms with Crippen LogP contribution in [0, 0.1) is 0 Å². The number of hydrogen-bond acceptors (Lipinski definition) is 3. The van der Waals surface area contributed by atoms with Gasteiger partial charge in [0.05, 0.1) is 11.1 Å². The van der Waals surface area contributed by atoms with Gasteiger partial charge in [0.2, 0.25) is 0 Å². The summed E-state index contributed by atoms with van der Waals surface area (Å²) in [5, 5.41) is 0. The summed E-state index contributed by atoms with van der Waals surface area (Å²) in [5.41, 5.74) is 0.0300. The number of rotatable bonds is 5. The van der Waals surface area contributed by atoms with Gasteiger partial charge in [-0.2, -0.15) is 13.2 Å². The van der Waals surface area contributed by atoms with Crippen LogP contribution in [0.2, 0.25) is 0 Å². The molecule has 142 valence electrons. The molecule has 0 atom stereocenters. The van der Waals surface area contributed by atoms with E-state index < -0.39 is 17.7 Å². The fraction of sp³-hybridized carbons (Fsp3) is 0.0909. The molecule has 0 bridgehead atoms. The Hall–Kier alpha value is -3.41. The van der Waals surface area contributed by atoms with Crippen molar-refractivity contribution in [1.82, 2.24) is 0 Å². The lowest BCUT2D eigenvalue weighted by Gasteiger charge is -2.11. The third-order valence-corrected chi connectivity index (χ3v) is 4.05. The van der Waals surface area contributed by atoms with Gasteiger partial charge in [0, 0.05) is 11.1 Å². The number of carbonyl (C=O) groups is 2. The van der Waals surface area contributed by atoms with Crippen molar-refractivity contribution >= 4 is 11.8 Å². The van der Waals surface area contributed by atoms with Gasteiger partial charge in [-0.25, -0.2) is 4.79 Å². The first-order valence-electron chi connectivity index (χ1n) is 8.38. The maximum absolute atomic E-state index is 12.8. The zero-order valence-electron chi connectivity index (χ0n) is 14.6. The van der Waals surface area contributed by atoms with Gasteiger partial charge in [0.1, 0.15) is 6.61 Å². The Balaban J connectivity index is 1.78. The highest BCUT2D eigenvalue weighted by Crippen LogP contribution is 2.29. The molecule has 3 aromatic rings. The molecule has 0 aliphatic heterocycles. The SMILES string of the molecule is O=C(OCc1cccc(C(F)(F)F)c1)c1ccccc1C(=O)c1ccccc1. The molecule has 0 fully saturated rings. The van der Waals surface area contributed by atoms with Crippen molar-refractivity contribution < 1.29 is 27.5 Å². The number of halogens is 3. The Morgan fingerprint density at radius 3 is 2.11 bits per heavy atom. The molecule has 0 unspecified atom stereocenters. The lowest BCUT2D eigenvalue weighted by molar-refractivity contribution is -0.137. The second-order valence-corrected chi connectivity index (χ2v) is 6.02. The standard InChI is InChI=1S/C22H15F3O3/c23-22(24,25)17-10-6-7-15(13-17)14-28-21(27)19-12-5-4-11-18(19)20(26)16-8-2-1-3-9-16/h1-13H,14H2. The summed E-state index contributed by atoms with van der Waals surface area (Å²) >= 11 is 0. The van der Waals surface area contributed by atoms with Crippen LogP contribution in [-0.4, -0.2) is 11.8 Å². The number of esters is 1. The molecule has 28 heavy (non-hydrogen) atoms. The van der Waals surface area contributed by atoms with E-state index in [9.17, 15) is 22.8 Å². The van der Waals surface area contributed by atoms with Gasteiger partial charge in [0.15, 0.2) is 5.78 Å². The molecule has 0 spiro atoms. The van der Waals surface area contributed by atoms with Crippen molar-refractivity contribution in [3.05, 3.63) is 107 Å². The molecule has 0 radical (unpaired) electrons. The largest absolute Gasteiger partial charge is 0.457 e. The Bertz CT molecular complexity index is 995. The summed E-state index contributed by atoms with van der Waals surface area (Å²) in [6.07, 6.45) is -4.48. The second kappa shape index (κ2) is 8.08. The van der Waals surface area contributed by atoms with Gasteiger partial charge in [-0.15, -0.1) is 0 Å². The van der Waals surface area contributed by atoms with Crippen molar-refractivity contribution in [2.45, 2.75) is 12.8 Å². The van der Waals surface area contributed by atoms with Crippen LogP contribution in [0.4, 0.5) is 13.2 Å². The first-order chi connectivity index (χ1) is 13.4. The lowest BCUT2D eigenvalue weighted by Crippen LogP contribution is -2.13. The van der Waals surface area contributed by atoms with Crippen LogP contribution in [0.25, 0.3) is 0 Å². The molecule has 0 N–H and O–H groups in total. The van der Waals surface area contributed by atoms with Crippen molar-refractivity contribution in [3.63, 3.8) is 0 Å². The van der Waals surface area contributed by atoms with Crippen LogP contribution in [0.3, 0.4) is 0 Å². The number of ether oxygens (including phenoxy) is 1. The van der Waals surface area contributed by atoms with E-state index in [0.717, 1.165) is 12.1 Å². The molecule has 0 aliphatic rings. The Kier molecular flexibility index (Phi) is 5.59. The van der Waals surface area contributed by atoms with E-state index in [1.807, 2.05) is 0 Å². The highest BCUT2D eigenvalue weighted by Gasteiger charge is 2.30. The minimum atomic E-state index is -4.48. The lowest BCUT2D eigenvalue weighted by atomic mass is 9.98. The van der Waals surface area contributed by atoms with E-state index in [-0.39, 0.29) is 29.1 Å². The highest BCUT2D eigenvalue weighted by molar-refractivity contribution is 6.14. The Labute approximate surface area is 159 Å². The van der Waals surface area contributed by atoms with Crippen LogP contribution < -0.4 is 0 Å². The zero-order chi connectivity index (χ0) is 20.1. The molecule has 0 heterocycles. The summed E-state index contributed by atoms with van der Waals surface area (Å²) < 4.78 is 43.5. The fourth-order valence-corrected chi connectivity index (χ4v) is 2.67. The fourth-order valence-electron chi connectivity index (χ4n) is 2.67. The first kappa shape index (κ1) is 19.4. The summed E-state index contributed by atoms with van der Waals surface area (Å²) in [7, 11) is 0. The van der Waals surface area contributed by atoms with Crippen LogP contribution in [0.5, 0.6) is 0 Å². The maximum Gasteiger partial charge on any atom is 0.416 e. The number of hydrogen-bond donors (Lipinski definition) is 0. The number of ketones is 1. The Morgan fingerprint density at radius 2 is 1.43 bits per heavy atom. The van der Waals surface area contributed by atoms with Gasteiger partial charge in [0.25, 0.3) is 0 Å². The average Bonchev–Trinajstić information content (AvgIpc) is 2.71. The molecule has 0 amide bonds. The van der Waals surface area contributed by atoms with Crippen molar-refractivity contribution in [3.8, 4) is 0 Å². The van der Waals surface area contributed by atoms with Gasteiger partial charge >= 0.3 is 12.1 Å². The molecular formula is C22H15F3O3. The van der Waals surface area contributed by atoms with Gasteiger partial charge < -0.3 is 4.74 Å². The molecule has 0 aromatic heterocycles. The quantitative estimate of drug-likeness (QED) is 0.443. The van der Waals surface area contributed by atoms with E-state index in [1.54, 1.807) is 42.5 Å². The molecule has 6 heteroatoms. The average molecular weight is 384 g/mol. The maximum atomic E-state index is 12.8. The van der Waals surface area contributed by atoms with Gasteiger partial charge in [-0.05, 0) is 23.8 Å². The van der Waals surface area contributed by atoms with Crippen LogP contribution in [0.1, 0.15) is 37.4 Å².